The molecule has 0 saturated heterocycles. The van der Waals surface area contributed by atoms with Crippen molar-refractivity contribution in [3.8, 4) is 11.5 Å². The molecule has 24 heavy (non-hydrogen) atoms. The van der Waals surface area contributed by atoms with Gasteiger partial charge in [0.05, 0.1) is 11.0 Å². The van der Waals surface area contributed by atoms with Crippen molar-refractivity contribution >= 4 is 5.78 Å². The fourth-order valence-electron chi connectivity index (χ4n) is 4.82. The number of fused-ring (bicyclic) bond motifs is 3. The van der Waals surface area contributed by atoms with Crippen LogP contribution in [0, 0.1) is 12.8 Å². The van der Waals surface area contributed by atoms with Gasteiger partial charge in [0.25, 0.3) is 0 Å². The molecule has 1 fully saturated rings. The first-order valence-electron chi connectivity index (χ1n) is 8.54. The molecule has 1 aliphatic heterocycles. The van der Waals surface area contributed by atoms with Gasteiger partial charge >= 0.3 is 0 Å². The van der Waals surface area contributed by atoms with Gasteiger partial charge in [0, 0.05) is 12.0 Å². The number of ether oxygens (including phenoxy) is 1. The Balaban J connectivity index is 0.00000208. The number of phenolic OH excluding ortho intramolecular Hbond substituents is 1. The van der Waals surface area contributed by atoms with Gasteiger partial charge in [-0.2, -0.15) is 0 Å². The van der Waals surface area contributed by atoms with Crippen LogP contribution in [-0.2, 0) is 10.2 Å². The maximum absolute atomic E-state index is 12.6. The average molecular weight is 585 g/mol. The monoisotopic (exact) mass is 585 g/mol. The summed E-state index contributed by atoms with van der Waals surface area (Å²) >= 11 is 0. The summed E-state index contributed by atoms with van der Waals surface area (Å²) in [6.45, 7) is 8.02. The number of hydrogen-bond acceptors (Lipinski definition) is 4. The molecule has 0 amide bonds. The van der Waals surface area contributed by atoms with E-state index >= 15 is 0 Å². The number of phenols is 1. The molecule has 3 unspecified atom stereocenters. The molecule has 3 atom stereocenters. The van der Waals surface area contributed by atoms with Crippen molar-refractivity contribution in [1.29, 1.82) is 0 Å². The molecular weight excluding hydrogens is 559 g/mol. The van der Waals surface area contributed by atoms with E-state index in [0.717, 1.165) is 17.5 Å². The number of Topliss-reactive ketones (excluding diaryl/α,β-unsaturated/α-hetero) is 1. The molecule has 0 bridgehead atoms. The Morgan fingerprint density at radius 2 is 2.04 bits per heavy atom. The Morgan fingerprint density at radius 3 is 2.62 bits per heavy atom. The van der Waals surface area contributed by atoms with Gasteiger partial charge in [-0.3, -0.25) is 4.79 Å². The SMILES string of the molecule is CCCC12c3c(C)ccc(O)c3OC1C(=O)CCC2(O)C(C)C.[Rf]. The van der Waals surface area contributed by atoms with Crippen molar-refractivity contribution in [1.82, 2.24) is 0 Å². The minimum atomic E-state index is -1.02. The van der Waals surface area contributed by atoms with Gasteiger partial charge in [-0.15, -0.1) is 0 Å². The minimum absolute atomic E-state index is 0. The molecule has 0 spiro atoms. The van der Waals surface area contributed by atoms with E-state index < -0.39 is 17.1 Å². The molecule has 4 nitrogen and oxygen atoms in total. The fourth-order valence-corrected chi connectivity index (χ4v) is 4.82. The first kappa shape index (κ1) is 17.8. The maximum atomic E-state index is 12.6. The molecule has 128 valence electrons. The van der Waals surface area contributed by atoms with Crippen LogP contribution in [0.3, 0.4) is 0 Å². The Kier molecular flexibility index (Phi) is 4.09. The number of rotatable bonds is 3. The van der Waals surface area contributed by atoms with E-state index in [2.05, 4.69) is 6.92 Å². The van der Waals surface area contributed by atoms with Crippen molar-refractivity contribution in [2.75, 3.05) is 0 Å². The van der Waals surface area contributed by atoms with Crippen molar-refractivity contribution in [2.45, 2.75) is 70.5 Å². The number of aryl methyl sites for hydroxylation is 1. The summed E-state index contributed by atoms with van der Waals surface area (Å²) < 4.78 is 5.98. The molecule has 1 aromatic carbocycles. The second-order valence-corrected chi connectivity index (χ2v) is 7.37. The van der Waals surface area contributed by atoms with E-state index in [1.54, 1.807) is 6.07 Å². The van der Waals surface area contributed by atoms with Crippen molar-refractivity contribution in [3.05, 3.63) is 23.3 Å². The molecule has 5 heteroatoms. The summed E-state index contributed by atoms with van der Waals surface area (Å²) in [5.74, 6) is 0.451. The largest absolute Gasteiger partial charge is 0.504 e. The van der Waals surface area contributed by atoms with Crippen LogP contribution in [0.5, 0.6) is 11.5 Å². The molecule has 3 rings (SSSR count). The van der Waals surface area contributed by atoms with Crippen LogP contribution in [0.2, 0.25) is 0 Å². The first-order valence-corrected chi connectivity index (χ1v) is 8.54. The number of hydrogen-bond donors (Lipinski definition) is 2. The molecule has 1 aliphatic carbocycles. The first-order chi connectivity index (χ1) is 10.8. The smallest absolute Gasteiger partial charge is 0.174 e. The van der Waals surface area contributed by atoms with Crippen LogP contribution in [-0.4, -0.2) is 27.7 Å². The van der Waals surface area contributed by atoms with Gasteiger partial charge in [-0.25, -0.2) is 0 Å². The summed E-state index contributed by atoms with van der Waals surface area (Å²) in [5.41, 5.74) is -0.00875. The van der Waals surface area contributed by atoms with Crippen LogP contribution in [0.15, 0.2) is 12.1 Å². The van der Waals surface area contributed by atoms with E-state index in [1.165, 1.54) is 0 Å². The number of carbonyl (C=O) groups excluding carboxylic acids is 1. The van der Waals surface area contributed by atoms with Crippen LogP contribution >= 0.6 is 0 Å². The van der Waals surface area contributed by atoms with E-state index in [1.807, 2.05) is 26.8 Å². The summed E-state index contributed by atoms with van der Waals surface area (Å²) in [6.07, 6.45) is 1.55. The molecule has 2 N–H and O–H groups in total. The van der Waals surface area contributed by atoms with Crippen LogP contribution in [0.4, 0.5) is 0 Å². The standard InChI is InChI=1S/C19H26O4.Rf/c1-5-9-18-15-12(4)6-7-13(20)16(15)23-17(18)14(21)8-10-19(18,22)11(2)3;/h6-7,11,17,20,22H,5,8-10H2,1-4H3;. The van der Waals surface area contributed by atoms with Gasteiger partial charge in [0.2, 0.25) is 0 Å². The van der Waals surface area contributed by atoms with Crippen molar-refractivity contribution in [3.63, 3.8) is 0 Å². The molecule has 1 aromatic rings. The summed E-state index contributed by atoms with van der Waals surface area (Å²) in [6, 6.07) is 3.45. The normalized spacial score (nSPS) is 31.2. The number of aromatic hydroxyl groups is 1. The topological polar surface area (TPSA) is 66.8 Å². The van der Waals surface area contributed by atoms with Gasteiger partial charge in [0.15, 0.2) is 23.4 Å². The van der Waals surface area contributed by atoms with E-state index in [0.29, 0.717) is 25.0 Å². The zero-order chi connectivity index (χ0) is 17.0. The second kappa shape index (κ2) is 5.52. The zero-order valence-corrected chi connectivity index (χ0v) is 21.5. The molecular formula is C19H26O4Rf. The van der Waals surface area contributed by atoms with Crippen LogP contribution in [0.1, 0.15) is 57.6 Å². The van der Waals surface area contributed by atoms with Gasteiger partial charge in [0.1, 0.15) is 0 Å². The molecule has 0 aromatic heterocycles. The third kappa shape index (κ3) is 1.87. The third-order valence-corrected chi connectivity index (χ3v) is 5.89. The summed E-state index contributed by atoms with van der Waals surface area (Å²) in [7, 11) is 0. The van der Waals surface area contributed by atoms with E-state index in [-0.39, 0.29) is 17.5 Å². The Morgan fingerprint density at radius 1 is 1.38 bits per heavy atom. The predicted octanol–water partition coefficient (Wildman–Crippen LogP) is 3.25. The number of carbonyl (C=O) groups is 1. The van der Waals surface area contributed by atoms with Gasteiger partial charge < -0.3 is 14.9 Å². The van der Waals surface area contributed by atoms with Gasteiger partial charge in [-0.05, 0) is 37.3 Å². The van der Waals surface area contributed by atoms with E-state index in [4.69, 9.17) is 4.74 Å². The van der Waals surface area contributed by atoms with Crippen LogP contribution < -0.4 is 4.74 Å². The summed E-state index contributed by atoms with van der Waals surface area (Å²) in [5, 5.41) is 21.9. The maximum Gasteiger partial charge on any atom is 0.174 e. The Bertz CT molecular complexity index is 657. The van der Waals surface area contributed by atoms with Gasteiger partial charge in [-0.1, -0.05) is 33.3 Å². The second-order valence-electron chi connectivity index (χ2n) is 7.37. The number of benzene rings is 1. The van der Waals surface area contributed by atoms with E-state index in [9.17, 15) is 15.0 Å². The summed E-state index contributed by atoms with van der Waals surface area (Å²) in [4.78, 5) is 12.6. The fraction of sp³-hybridized carbons (Fsp3) is 0.632. The van der Waals surface area contributed by atoms with Crippen LogP contribution in [0.25, 0.3) is 0 Å². The van der Waals surface area contributed by atoms with Crippen molar-refractivity contribution < 1.29 is 19.7 Å². The number of ketones is 1. The minimum Gasteiger partial charge on any atom is -0.504 e. The quantitative estimate of drug-likeness (QED) is 0.572. The molecule has 2 aliphatic rings. The molecule has 1 heterocycles. The average Bonchev–Trinajstić information content (AvgIpc) is 2.86. The number of aliphatic hydroxyl groups is 1. The predicted molar refractivity (Wildman–Crippen MR) is 87.9 cm³/mol. The Hall–Kier alpha value is -2.55. The molecule has 1 saturated carbocycles. The zero-order valence-electron chi connectivity index (χ0n) is 15.1. The van der Waals surface area contributed by atoms with Crippen molar-refractivity contribution in [2.24, 2.45) is 5.92 Å². The third-order valence-electron chi connectivity index (χ3n) is 5.89. The Labute approximate surface area is 137 Å². The molecule has 0 radical (unpaired) electrons.